The van der Waals surface area contributed by atoms with E-state index in [9.17, 15) is 19.2 Å². The Labute approximate surface area is 262 Å². The second-order valence-electron chi connectivity index (χ2n) is 10.7. The van der Waals surface area contributed by atoms with E-state index >= 15 is 0 Å². The third-order valence-corrected chi connectivity index (χ3v) is 7.29. The fourth-order valence-corrected chi connectivity index (χ4v) is 4.76. The van der Waals surface area contributed by atoms with Crippen molar-refractivity contribution >= 4 is 23.8 Å². The first kappa shape index (κ1) is 32.4. The Morgan fingerprint density at radius 1 is 0.556 bits per heavy atom. The zero-order chi connectivity index (χ0) is 32.0. The van der Waals surface area contributed by atoms with Gasteiger partial charge in [0.05, 0.1) is 6.04 Å². The maximum atomic E-state index is 13.4. The number of aryl methyl sites for hydroxylation is 1. The molecule has 0 heterocycles. The lowest BCUT2D eigenvalue weighted by Gasteiger charge is -2.23. The zero-order valence-corrected chi connectivity index (χ0v) is 24.8. The van der Waals surface area contributed by atoms with Gasteiger partial charge in [-0.25, -0.2) is 10.2 Å². The molecule has 0 aliphatic rings. The Morgan fingerprint density at radius 3 is 1.67 bits per heavy atom. The lowest BCUT2D eigenvalue weighted by molar-refractivity contribution is -0.128. The van der Waals surface area contributed by atoms with Crippen LogP contribution in [0.2, 0.25) is 0 Å². The van der Waals surface area contributed by atoms with E-state index in [4.69, 9.17) is 11.5 Å². The van der Waals surface area contributed by atoms with Crippen LogP contribution >= 0.6 is 0 Å². The van der Waals surface area contributed by atoms with Gasteiger partial charge in [-0.15, -0.1) is 0 Å². The van der Waals surface area contributed by atoms with Gasteiger partial charge in [0, 0.05) is 12.8 Å². The van der Waals surface area contributed by atoms with Crippen LogP contribution in [0.3, 0.4) is 0 Å². The lowest BCUT2D eigenvalue weighted by Crippen LogP contribution is -2.58. The molecule has 0 bridgehead atoms. The Balaban J connectivity index is 1.36. The van der Waals surface area contributed by atoms with Crippen LogP contribution in [0.5, 0.6) is 0 Å². The second-order valence-corrected chi connectivity index (χ2v) is 10.7. The van der Waals surface area contributed by atoms with Crippen LogP contribution in [0.15, 0.2) is 115 Å². The Morgan fingerprint density at radius 2 is 1.07 bits per heavy atom. The molecular weight excluding hydrogens is 568 g/mol. The van der Waals surface area contributed by atoms with Crippen molar-refractivity contribution in [3.05, 3.63) is 132 Å². The van der Waals surface area contributed by atoms with Crippen molar-refractivity contribution in [1.82, 2.24) is 21.5 Å². The molecule has 232 valence electrons. The molecule has 0 saturated carbocycles. The average molecular weight is 607 g/mol. The van der Waals surface area contributed by atoms with Crippen molar-refractivity contribution < 1.29 is 19.2 Å². The highest BCUT2D eigenvalue weighted by Crippen LogP contribution is 2.20. The van der Waals surface area contributed by atoms with Gasteiger partial charge in [-0.1, -0.05) is 115 Å². The first-order valence-electron chi connectivity index (χ1n) is 14.7. The molecular formula is C35H38N6O4. The zero-order valence-electron chi connectivity index (χ0n) is 24.8. The van der Waals surface area contributed by atoms with E-state index in [-0.39, 0.29) is 12.8 Å². The molecule has 4 rings (SSSR count). The standard InChI is InChI=1S/C35H38N6O4/c36-29(21-18-24-10-4-1-5-11-24)33(43)40-41-35(45)39-31(23-25-12-6-2-7-13-25)34(44)38-30(32(37)42)22-26-16-19-28(20-17-26)27-14-8-3-9-15-27/h1-17,19-20,29-31H,18,21-23,36H2,(H2,37,42)(H,38,44)(H,40,43)(H2,39,41,45)/t29-,30-,31-/m0/s1. The summed E-state index contributed by atoms with van der Waals surface area (Å²) in [6.07, 6.45) is 1.26. The molecule has 0 spiro atoms. The number of urea groups is 1. The van der Waals surface area contributed by atoms with Crippen LogP contribution in [0.25, 0.3) is 11.1 Å². The number of rotatable bonds is 13. The summed E-state index contributed by atoms with van der Waals surface area (Å²) in [6, 6.07) is 32.4. The van der Waals surface area contributed by atoms with Gasteiger partial charge < -0.3 is 22.1 Å². The highest BCUT2D eigenvalue weighted by Gasteiger charge is 2.27. The van der Waals surface area contributed by atoms with Crippen LogP contribution in [-0.4, -0.2) is 41.9 Å². The van der Waals surface area contributed by atoms with Crippen LogP contribution in [0, 0.1) is 0 Å². The number of nitrogens with two attached hydrogens (primary N) is 2. The highest BCUT2D eigenvalue weighted by atomic mass is 16.2. The van der Waals surface area contributed by atoms with Gasteiger partial charge in [-0.3, -0.25) is 19.8 Å². The summed E-state index contributed by atoms with van der Waals surface area (Å²) in [5.74, 6) is -1.89. The number of benzene rings is 4. The number of hydrazine groups is 1. The largest absolute Gasteiger partial charge is 0.368 e. The van der Waals surface area contributed by atoms with Gasteiger partial charge in [0.1, 0.15) is 12.1 Å². The van der Waals surface area contributed by atoms with E-state index in [1.165, 1.54) is 0 Å². The maximum Gasteiger partial charge on any atom is 0.334 e. The molecule has 4 aromatic carbocycles. The number of amides is 5. The third-order valence-electron chi connectivity index (χ3n) is 7.29. The smallest absolute Gasteiger partial charge is 0.334 e. The number of carbonyl (C=O) groups excluding carboxylic acids is 4. The summed E-state index contributed by atoms with van der Waals surface area (Å²) in [6.45, 7) is 0. The van der Waals surface area contributed by atoms with Crippen molar-refractivity contribution in [2.45, 2.75) is 43.8 Å². The van der Waals surface area contributed by atoms with E-state index in [1.54, 1.807) is 0 Å². The fraction of sp³-hybridized carbons (Fsp3) is 0.200. The summed E-state index contributed by atoms with van der Waals surface area (Å²) in [5.41, 5.74) is 20.9. The summed E-state index contributed by atoms with van der Waals surface area (Å²) in [7, 11) is 0. The normalized spacial score (nSPS) is 12.6. The molecule has 0 unspecified atom stereocenters. The molecule has 10 nitrogen and oxygen atoms in total. The predicted octanol–water partition coefficient (Wildman–Crippen LogP) is 2.77. The Kier molecular flexibility index (Phi) is 11.8. The molecule has 10 heteroatoms. The fourth-order valence-electron chi connectivity index (χ4n) is 4.76. The van der Waals surface area contributed by atoms with Crippen molar-refractivity contribution in [2.75, 3.05) is 0 Å². The lowest BCUT2D eigenvalue weighted by atomic mass is 9.99. The number of nitrogens with one attached hydrogen (secondary N) is 4. The van der Waals surface area contributed by atoms with Gasteiger partial charge in [0.25, 0.3) is 5.91 Å². The predicted molar refractivity (Wildman–Crippen MR) is 173 cm³/mol. The number of primary amides is 1. The maximum absolute atomic E-state index is 13.4. The Bertz CT molecular complexity index is 1550. The van der Waals surface area contributed by atoms with Crippen LogP contribution in [0.1, 0.15) is 23.1 Å². The molecule has 0 aliphatic carbocycles. The summed E-state index contributed by atoms with van der Waals surface area (Å²) in [5, 5.41) is 5.27. The molecule has 0 saturated heterocycles. The van der Waals surface area contributed by atoms with E-state index in [2.05, 4.69) is 21.5 Å². The van der Waals surface area contributed by atoms with E-state index in [1.807, 2.05) is 115 Å². The molecule has 0 aliphatic heterocycles. The second kappa shape index (κ2) is 16.4. The van der Waals surface area contributed by atoms with Gasteiger partial charge in [-0.05, 0) is 40.7 Å². The van der Waals surface area contributed by atoms with Crippen LogP contribution < -0.4 is 33.0 Å². The van der Waals surface area contributed by atoms with E-state index in [0.717, 1.165) is 27.8 Å². The molecule has 45 heavy (non-hydrogen) atoms. The van der Waals surface area contributed by atoms with Crippen LogP contribution in [0.4, 0.5) is 4.79 Å². The first-order chi connectivity index (χ1) is 21.8. The van der Waals surface area contributed by atoms with Crippen molar-refractivity contribution in [3.63, 3.8) is 0 Å². The monoisotopic (exact) mass is 606 g/mol. The summed E-state index contributed by atoms with van der Waals surface area (Å²) in [4.78, 5) is 51.0. The van der Waals surface area contributed by atoms with E-state index < -0.39 is 41.9 Å². The molecule has 4 aromatic rings. The van der Waals surface area contributed by atoms with Crippen molar-refractivity contribution in [2.24, 2.45) is 11.5 Å². The van der Waals surface area contributed by atoms with Crippen LogP contribution in [-0.2, 0) is 33.6 Å². The van der Waals surface area contributed by atoms with E-state index in [0.29, 0.717) is 12.8 Å². The Hall–Kier alpha value is -5.48. The summed E-state index contributed by atoms with van der Waals surface area (Å²) < 4.78 is 0. The minimum atomic E-state index is -1.08. The highest BCUT2D eigenvalue weighted by molar-refractivity contribution is 5.92. The van der Waals surface area contributed by atoms with Gasteiger partial charge in [0.2, 0.25) is 11.8 Å². The molecule has 5 amide bonds. The van der Waals surface area contributed by atoms with Crippen molar-refractivity contribution in [3.8, 4) is 11.1 Å². The summed E-state index contributed by atoms with van der Waals surface area (Å²) >= 11 is 0. The molecule has 8 N–H and O–H groups in total. The minimum Gasteiger partial charge on any atom is -0.368 e. The first-order valence-corrected chi connectivity index (χ1v) is 14.7. The van der Waals surface area contributed by atoms with Gasteiger partial charge in [0.15, 0.2) is 0 Å². The molecule has 3 atom stereocenters. The minimum absolute atomic E-state index is 0.127. The number of hydrogen-bond acceptors (Lipinski definition) is 5. The number of carbonyl (C=O) groups is 4. The van der Waals surface area contributed by atoms with Gasteiger partial charge in [-0.2, -0.15) is 0 Å². The quantitative estimate of drug-likeness (QED) is 0.129. The van der Waals surface area contributed by atoms with Crippen molar-refractivity contribution in [1.29, 1.82) is 0 Å². The topological polar surface area (TPSA) is 168 Å². The SMILES string of the molecule is NC(=O)[C@H](Cc1ccc(-c2ccccc2)cc1)NC(=O)[C@H](Cc1ccccc1)NC(=O)NNC(=O)[C@@H](N)CCc1ccccc1. The molecule has 0 fully saturated rings. The van der Waals surface area contributed by atoms with Gasteiger partial charge >= 0.3 is 6.03 Å². The molecule has 0 radical (unpaired) electrons. The molecule has 0 aromatic heterocycles. The third kappa shape index (κ3) is 10.3. The average Bonchev–Trinajstić information content (AvgIpc) is 3.07. The number of hydrogen-bond donors (Lipinski definition) is 6.